The molecule has 0 saturated carbocycles. The number of rotatable bonds is 2. The van der Waals surface area contributed by atoms with Gasteiger partial charge in [-0.05, 0) is 49.6 Å². The SMILES string of the molecule is Cc1c(C(=O)N2C(C(C(F)(F)F)C(F)(F)F)CCC23CCN(C(=O)O)CC3)sc2ccccc12. The Morgan fingerprint density at radius 2 is 1.65 bits per heavy atom. The third-order valence-electron chi connectivity index (χ3n) is 7.06. The zero-order valence-electron chi connectivity index (χ0n) is 18.0. The summed E-state index contributed by atoms with van der Waals surface area (Å²) in [6.45, 7) is 1.49. The Kier molecular flexibility index (Phi) is 6.02. The second-order valence-electron chi connectivity index (χ2n) is 8.89. The van der Waals surface area contributed by atoms with Crippen molar-refractivity contribution in [3.8, 4) is 0 Å². The van der Waals surface area contributed by atoms with E-state index in [9.17, 15) is 41.0 Å². The maximum atomic E-state index is 13.8. The van der Waals surface area contributed by atoms with Crippen molar-refractivity contribution in [2.24, 2.45) is 5.92 Å². The van der Waals surface area contributed by atoms with Gasteiger partial charge in [-0.2, -0.15) is 26.3 Å². The zero-order valence-corrected chi connectivity index (χ0v) is 18.9. The Labute approximate surface area is 194 Å². The first-order valence-corrected chi connectivity index (χ1v) is 11.5. The number of carboxylic acid groups (broad SMARTS) is 1. The Morgan fingerprint density at radius 3 is 2.18 bits per heavy atom. The van der Waals surface area contributed by atoms with E-state index >= 15 is 0 Å². The van der Waals surface area contributed by atoms with Crippen molar-refractivity contribution in [1.29, 1.82) is 0 Å². The van der Waals surface area contributed by atoms with Crippen LogP contribution in [0.5, 0.6) is 0 Å². The summed E-state index contributed by atoms with van der Waals surface area (Å²) in [5, 5.41) is 9.96. The summed E-state index contributed by atoms with van der Waals surface area (Å²) in [7, 11) is 0. The van der Waals surface area contributed by atoms with E-state index in [1.165, 1.54) is 0 Å². The van der Waals surface area contributed by atoms with Crippen LogP contribution >= 0.6 is 11.3 Å². The first-order chi connectivity index (χ1) is 15.8. The number of hydrogen-bond acceptors (Lipinski definition) is 3. The highest BCUT2D eigenvalue weighted by molar-refractivity contribution is 7.21. The molecule has 0 radical (unpaired) electrons. The Hall–Kier alpha value is -2.50. The molecule has 1 aromatic carbocycles. The summed E-state index contributed by atoms with van der Waals surface area (Å²) in [6, 6.07) is 4.84. The molecule has 12 heteroatoms. The van der Waals surface area contributed by atoms with E-state index in [4.69, 9.17) is 0 Å². The van der Waals surface area contributed by atoms with E-state index in [1.807, 2.05) is 0 Å². The number of hydrogen-bond donors (Lipinski definition) is 1. The maximum Gasteiger partial charge on any atom is 0.407 e. The first-order valence-electron chi connectivity index (χ1n) is 10.7. The third-order valence-corrected chi connectivity index (χ3v) is 8.32. The summed E-state index contributed by atoms with van der Waals surface area (Å²) >= 11 is 1.04. The van der Waals surface area contributed by atoms with Gasteiger partial charge in [-0.15, -0.1) is 11.3 Å². The van der Waals surface area contributed by atoms with Crippen LogP contribution < -0.4 is 0 Å². The van der Waals surface area contributed by atoms with Gasteiger partial charge in [0.05, 0.1) is 10.9 Å². The number of nitrogens with zero attached hydrogens (tertiary/aromatic N) is 2. The second-order valence-corrected chi connectivity index (χ2v) is 9.94. The number of aryl methyl sites for hydroxylation is 1. The number of piperidine rings is 1. The molecule has 186 valence electrons. The van der Waals surface area contributed by atoms with Gasteiger partial charge in [-0.25, -0.2) is 4.79 Å². The van der Waals surface area contributed by atoms with E-state index in [1.54, 1.807) is 31.2 Å². The maximum absolute atomic E-state index is 13.8. The van der Waals surface area contributed by atoms with Crippen molar-refractivity contribution in [2.75, 3.05) is 13.1 Å². The van der Waals surface area contributed by atoms with Gasteiger partial charge in [-0.3, -0.25) is 4.79 Å². The average molecular weight is 508 g/mol. The quantitative estimate of drug-likeness (QED) is 0.501. The van der Waals surface area contributed by atoms with Gasteiger partial charge in [0, 0.05) is 23.3 Å². The summed E-state index contributed by atoms with van der Waals surface area (Å²) in [4.78, 5) is 27.1. The average Bonchev–Trinajstić information content (AvgIpc) is 3.24. The van der Waals surface area contributed by atoms with Crippen LogP contribution in [0.25, 0.3) is 10.1 Å². The van der Waals surface area contributed by atoms with Gasteiger partial charge < -0.3 is 14.9 Å². The van der Waals surface area contributed by atoms with Crippen molar-refractivity contribution in [2.45, 2.75) is 56.5 Å². The van der Waals surface area contributed by atoms with Crippen LogP contribution in [0, 0.1) is 12.8 Å². The number of alkyl halides is 6. The molecule has 2 amide bonds. The number of likely N-dealkylation sites (tertiary alicyclic amines) is 2. The summed E-state index contributed by atoms with van der Waals surface area (Å²) in [5.74, 6) is -4.54. The van der Waals surface area contributed by atoms with Gasteiger partial charge >= 0.3 is 18.4 Å². The molecule has 2 aromatic rings. The monoisotopic (exact) mass is 508 g/mol. The normalized spacial score (nSPS) is 21.1. The molecular formula is C22H22F6N2O3S. The number of carbonyl (C=O) groups is 2. The number of halogens is 6. The van der Waals surface area contributed by atoms with Crippen LogP contribution in [0.4, 0.5) is 31.1 Å². The van der Waals surface area contributed by atoms with Gasteiger partial charge in [0.15, 0.2) is 5.92 Å². The number of thiophene rings is 1. The first kappa shape index (κ1) is 24.6. The van der Waals surface area contributed by atoms with Gasteiger partial charge in [0.25, 0.3) is 5.91 Å². The topological polar surface area (TPSA) is 60.9 Å². The Balaban J connectivity index is 1.81. The molecule has 1 aromatic heterocycles. The molecule has 3 heterocycles. The van der Waals surface area contributed by atoms with Crippen LogP contribution in [0.15, 0.2) is 24.3 Å². The minimum atomic E-state index is -5.59. The Bertz CT molecular complexity index is 1090. The highest BCUT2D eigenvalue weighted by atomic mass is 32.1. The smallest absolute Gasteiger partial charge is 0.407 e. The van der Waals surface area contributed by atoms with Crippen molar-refractivity contribution < 1.29 is 41.0 Å². The van der Waals surface area contributed by atoms with Crippen molar-refractivity contribution >= 4 is 33.4 Å². The second kappa shape index (κ2) is 8.31. The van der Waals surface area contributed by atoms with Crippen LogP contribution in [0.3, 0.4) is 0 Å². The molecule has 2 fully saturated rings. The molecule has 1 atom stereocenters. The lowest BCUT2D eigenvalue weighted by molar-refractivity contribution is -0.297. The number of benzene rings is 1. The predicted molar refractivity (Wildman–Crippen MR) is 113 cm³/mol. The molecule has 1 unspecified atom stereocenters. The number of fused-ring (bicyclic) bond motifs is 1. The lowest BCUT2D eigenvalue weighted by Gasteiger charge is -2.47. The van der Waals surface area contributed by atoms with Crippen LogP contribution in [-0.4, -0.2) is 63.9 Å². The lowest BCUT2D eigenvalue weighted by atomic mass is 9.85. The van der Waals surface area contributed by atoms with Crippen LogP contribution in [0.1, 0.15) is 40.9 Å². The van der Waals surface area contributed by atoms with Gasteiger partial charge in [0.2, 0.25) is 0 Å². The molecule has 0 aliphatic carbocycles. The number of carbonyl (C=O) groups excluding carboxylic acids is 1. The molecule has 0 bridgehead atoms. The Morgan fingerprint density at radius 1 is 1.06 bits per heavy atom. The van der Waals surface area contributed by atoms with Crippen LogP contribution in [0.2, 0.25) is 0 Å². The van der Waals surface area contributed by atoms with Crippen molar-refractivity contribution in [1.82, 2.24) is 9.80 Å². The molecule has 2 aliphatic heterocycles. The highest BCUT2D eigenvalue weighted by Gasteiger charge is 2.66. The fourth-order valence-corrected chi connectivity index (χ4v) is 6.56. The molecule has 1 N–H and O–H groups in total. The fraction of sp³-hybridized carbons (Fsp3) is 0.545. The minimum absolute atomic E-state index is 0.0199. The van der Waals surface area contributed by atoms with Crippen molar-refractivity contribution in [3.05, 3.63) is 34.7 Å². The summed E-state index contributed by atoms with van der Waals surface area (Å²) in [6.07, 6.45) is -13.0. The lowest BCUT2D eigenvalue weighted by Crippen LogP contribution is -2.60. The summed E-state index contributed by atoms with van der Waals surface area (Å²) < 4.78 is 83.1. The highest BCUT2D eigenvalue weighted by Crippen LogP contribution is 2.52. The van der Waals surface area contributed by atoms with E-state index in [-0.39, 0.29) is 37.2 Å². The fourth-order valence-electron chi connectivity index (χ4n) is 5.41. The molecule has 34 heavy (non-hydrogen) atoms. The minimum Gasteiger partial charge on any atom is -0.465 e. The molecule has 1 spiro atoms. The van der Waals surface area contributed by atoms with Crippen LogP contribution in [-0.2, 0) is 0 Å². The van der Waals surface area contributed by atoms with Gasteiger partial charge in [-0.1, -0.05) is 18.2 Å². The third kappa shape index (κ3) is 4.09. The predicted octanol–water partition coefficient (Wildman–Crippen LogP) is 6.07. The van der Waals surface area contributed by atoms with E-state index in [2.05, 4.69) is 0 Å². The molecule has 4 rings (SSSR count). The number of amides is 2. The van der Waals surface area contributed by atoms with E-state index in [0.717, 1.165) is 21.1 Å². The molecule has 5 nitrogen and oxygen atoms in total. The standard InChI is InChI=1S/C22H22F6N2O3S/c1-12-13-4-2-3-5-15(13)34-16(12)18(31)30-14(17(21(23,24)25)22(26,27)28)6-7-20(30)8-10-29(11-9-20)19(32)33/h2-5,14,17H,6-11H2,1H3,(H,32,33). The molecular weight excluding hydrogens is 486 g/mol. The largest absolute Gasteiger partial charge is 0.465 e. The molecule has 2 aliphatic rings. The van der Waals surface area contributed by atoms with Gasteiger partial charge in [0.1, 0.15) is 0 Å². The van der Waals surface area contributed by atoms with Crippen molar-refractivity contribution in [3.63, 3.8) is 0 Å². The van der Waals surface area contributed by atoms with E-state index < -0.39 is 48.3 Å². The summed E-state index contributed by atoms with van der Waals surface area (Å²) in [5.41, 5.74) is -0.768. The molecule has 2 saturated heterocycles. The van der Waals surface area contributed by atoms with E-state index in [0.29, 0.717) is 15.6 Å². The zero-order chi connectivity index (χ0) is 25.1.